The molecular weight excluding hydrogens is 508 g/mol. The minimum absolute atomic E-state index is 0.252. The number of hydrogen-bond donors (Lipinski definition) is 2. The third-order valence-electron chi connectivity index (χ3n) is 6.17. The van der Waals surface area contributed by atoms with Crippen molar-refractivity contribution in [2.75, 3.05) is 23.0 Å². The van der Waals surface area contributed by atoms with Crippen LogP contribution in [-0.4, -0.2) is 41.4 Å². The first kappa shape index (κ1) is 24.7. The van der Waals surface area contributed by atoms with E-state index in [9.17, 15) is 8.42 Å². The summed E-state index contributed by atoms with van der Waals surface area (Å²) in [4.78, 5) is 11.0. The summed E-state index contributed by atoms with van der Waals surface area (Å²) in [5.41, 5.74) is 4.91. The molecule has 1 aromatic carbocycles. The zero-order valence-corrected chi connectivity index (χ0v) is 22.1. The van der Waals surface area contributed by atoms with Crippen LogP contribution in [0.25, 0.3) is 5.69 Å². The highest BCUT2D eigenvalue weighted by Gasteiger charge is 2.42. The highest BCUT2D eigenvalue weighted by molar-refractivity contribution is 7.92. The van der Waals surface area contributed by atoms with Gasteiger partial charge in [-0.2, -0.15) is 0 Å². The molecule has 1 aliphatic heterocycles. The van der Waals surface area contributed by atoms with Gasteiger partial charge in [0.2, 0.25) is 10.0 Å². The Labute approximate surface area is 221 Å². The first-order chi connectivity index (χ1) is 17.8. The summed E-state index contributed by atoms with van der Waals surface area (Å²) < 4.78 is 33.9. The van der Waals surface area contributed by atoms with E-state index in [1.807, 2.05) is 54.4 Å². The van der Waals surface area contributed by atoms with Gasteiger partial charge in [-0.1, -0.05) is 6.07 Å². The molecule has 37 heavy (non-hydrogen) atoms. The first-order valence-electron chi connectivity index (χ1n) is 11.5. The zero-order valence-electron chi connectivity index (χ0n) is 20.5. The molecule has 0 radical (unpaired) electrons. The second-order valence-corrected chi connectivity index (χ2v) is 10.8. The van der Waals surface area contributed by atoms with E-state index in [0.717, 1.165) is 34.7 Å². The molecule has 1 saturated heterocycles. The summed E-state index contributed by atoms with van der Waals surface area (Å²) >= 11 is 5.86. The Hall–Kier alpha value is -3.96. The standard InChI is InChI=1S/C26H26N6O3S2/c1-17-9-12-22(31(17)19-7-6-13-27-16-19)25-24(21-8-4-5-14-28-21)29-26(36)32(25)18-10-11-20(23(15-18)35-2)30-37(3,33)34/h4-16,24-25,30H,1-3H3,(H,29,36)/t24-,25+/m0/s1. The summed E-state index contributed by atoms with van der Waals surface area (Å²) in [6.45, 7) is 2.05. The summed E-state index contributed by atoms with van der Waals surface area (Å²) in [6, 6.07) is 18.6. The Bertz CT molecular complexity index is 1540. The summed E-state index contributed by atoms with van der Waals surface area (Å²) in [7, 11) is -1.99. The van der Waals surface area contributed by atoms with Crippen molar-refractivity contribution < 1.29 is 13.2 Å². The van der Waals surface area contributed by atoms with Crippen LogP contribution in [-0.2, 0) is 10.0 Å². The van der Waals surface area contributed by atoms with Crippen molar-refractivity contribution in [2.24, 2.45) is 0 Å². The van der Waals surface area contributed by atoms with Gasteiger partial charge in [-0.15, -0.1) is 0 Å². The molecule has 2 atom stereocenters. The maximum atomic E-state index is 11.9. The molecule has 0 unspecified atom stereocenters. The van der Waals surface area contributed by atoms with E-state index in [4.69, 9.17) is 17.0 Å². The quantitative estimate of drug-likeness (QED) is 0.341. The van der Waals surface area contributed by atoms with Gasteiger partial charge in [-0.25, -0.2) is 8.42 Å². The van der Waals surface area contributed by atoms with Gasteiger partial charge in [-0.05, 0) is 67.7 Å². The third kappa shape index (κ3) is 4.87. The molecule has 190 valence electrons. The molecule has 0 aliphatic carbocycles. The number of hydrogen-bond acceptors (Lipinski definition) is 6. The third-order valence-corrected chi connectivity index (χ3v) is 7.08. The number of nitrogens with zero attached hydrogens (tertiary/aromatic N) is 4. The number of anilines is 2. The van der Waals surface area contributed by atoms with Crippen molar-refractivity contribution in [1.29, 1.82) is 0 Å². The van der Waals surface area contributed by atoms with Crippen LogP contribution in [0.15, 0.2) is 79.3 Å². The predicted molar refractivity (Wildman–Crippen MR) is 148 cm³/mol. The van der Waals surface area contributed by atoms with Crippen LogP contribution >= 0.6 is 12.2 Å². The highest BCUT2D eigenvalue weighted by atomic mass is 32.2. The van der Waals surface area contributed by atoms with Crippen molar-refractivity contribution in [3.8, 4) is 11.4 Å². The van der Waals surface area contributed by atoms with E-state index in [1.165, 1.54) is 7.11 Å². The molecule has 4 heterocycles. The fraction of sp³-hybridized carbons (Fsp3) is 0.192. The Kier molecular flexibility index (Phi) is 6.57. The smallest absolute Gasteiger partial charge is 0.229 e. The lowest BCUT2D eigenvalue weighted by Gasteiger charge is -2.29. The van der Waals surface area contributed by atoms with E-state index in [1.54, 1.807) is 24.5 Å². The van der Waals surface area contributed by atoms with Crippen molar-refractivity contribution in [1.82, 2.24) is 19.9 Å². The van der Waals surface area contributed by atoms with Crippen LogP contribution in [0.3, 0.4) is 0 Å². The lowest BCUT2D eigenvalue weighted by molar-refractivity contribution is 0.417. The Balaban J connectivity index is 1.67. The molecule has 1 aliphatic rings. The lowest BCUT2D eigenvalue weighted by atomic mass is 10.0. The van der Waals surface area contributed by atoms with Crippen LogP contribution in [0.4, 0.5) is 11.4 Å². The molecule has 11 heteroatoms. The van der Waals surface area contributed by atoms with Gasteiger partial charge in [0, 0.05) is 35.5 Å². The summed E-state index contributed by atoms with van der Waals surface area (Å²) in [6.07, 6.45) is 6.43. The first-order valence-corrected chi connectivity index (χ1v) is 13.8. The van der Waals surface area contributed by atoms with Crippen molar-refractivity contribution >= 4 is 38.7 Å². The van der Waals surface area contributed by atoms with Crippen molar-refractivity contribution in [3.63, 3.8) is 0 Å². The molecule has 9 nitrogen and oxygen atoms in total. The summed E-state index contributed by atoms with van der Waals surface area (Å²) in [5, 5.41) is 3.98. The van der Waals surface area contributed by atoms with Crippen molar-refractivity contribution in [2.45, 2.75) is 19.0 Å². The molecule has 0 saturated carbocycles. The molecule has 0 amide bonds. The SMILES string of the molecule is COc1cc(N2C(=S)N[C@@H](c3ccccn3)[C@H]2c2ccc(C)n2-c2cccnc2)ccc1NS(C)(=O)=O. The molecule has 0 bridgehead atoms. The van der Waals surface area contributed by atoms with Gasteiger partial charge in [0.15, 0.2) is 5.11 Å². The van der Waals surface area contributed by atoms with Gasteiger partial charge in [-0.3, -0.25) is 14.7 Å². The number of nitrogens with one attached hydrogen (secondary N) is 2. The van der Waals surface area contributed by atoms with Crippen LogP contribution < -0.4 is 19.7 Å². The molecule has 5 rings (SSSR count). The summed E-state index contributed by atoms with van der Waals surface area (Å²) in [5.74, 6) is 0.379. The maximum Gasteiger partial charge on any atom is 0.229 e. The van der Waals surface area contributed by atoms with Gasteiger partial charge in [0.25, 0.3) is 0 Å². The Morgan fingerprint density at radius 2 is 1.89 bits per heavy atom. The molecular formula is C26H26N6O3S2. The maximum absolute atomic E-state index is 11.9. The van der Waals surface area contributed by atoms with Crippen LogP contribution in [0, 0.1) is 6.92 Å². The molecule has 1 fully saturated rings. The van der Waals surface area contributed by atoms with Crippen molar-refractivity contribution in [3.05, 3.63) is 96.3 Å². The predicted octanol–water partition coefficient (Wildman–Crippen LogP) is 4.13. The fourth-order valence-corrected chi connectivity index (χ4v) is 5.59. The average Bonchev–Trinajstić information content (AvgIpc) is 3.43. The van der Waals surface area contributed by atoms with Gasteiger partial charge in [0.1, 0.15) is 11.8 Å². The molecule has 4 aromatic rings. The van der Waals surface area contributed by atoms with E-state index in [2.05, 4.69) is 36.7 Å². The second-order valence-electron chi connectivity index (χ2n) is 8.70. The number of ether oxygens (including phenoxy) is 1. The molecule has 3 aromatic heterocycles. The van der Waals surface area contributed by atoms with Gasteiger partial charge in [0.05, 0.1) is 42.7 Å². The monoisotopic (exact) mass is 534 g/mol. The minimum Gasteiger partial charge on any atom is -0.494 e. The van der Waals surface area contributed by atoms with Gasteiger partial charge >= 0.3 is 0 Å². The number of aryl methyl sites for hydroxylation is 1. The lowest BCUT2D eigenvalue weighted by Crippen LogP contribution is -2.30. The second kappa shape index (κ2) is 9.83. The number of rotatable bonds is 7. The number of sulfonamides is 1. The Morgan fingerprint density at radius 3 is 2.57 bits per heavy atom. The molecule has 0 spiro atoms. The van der Waals surface area contributed by atoms with Crippen LogP contribution in [0.5, 0.6) is 5.75 Å². The van der Waals surface area contributed by atoms with Gasteiger partial charge < -0.3 is 19.5 Å². The van der Waals surface area contributed by atoms with E-state index in [0.29, 0.717) is 16.5 Å². The zero-order chi connectivity index (χ0) is 26.2. The van der Waals surface area contributed by atoms with Crippen LogP contribution in [0.1, 0.15) is 29.2 Å². The number of aromatic nitrogens is 3. The fourth-order valence-electron chi connectivity index (χ4n) is 4.68. The number of thiocarbonyl (C=S) groups is 1. The Morgan fingerprint density at radius 1 is 1.05 bits per heavy atom. The normalized spacial score (nSPS) is 17.5. The minimum atomic E-state index is -3.48. The van der Waals surface area contributed by atoms with E-state index >= 15 is 0 Å². The number of methoxy groups -OCH3 is 1. The largest absolute Gasteiger partial charge is 0.494 e. The number of pyridine rings is 2. The topological polar surface area (TPSA) is 101 Å². The average molecular weight is 535 g/mol. The highest BCUT2D eigenvalue weighted by Crippen LogP contribution is 2.44. The van der Waals surface area contributed by atoms with E-state index < -0.39 is 10.0 Å². The van der Waals surface area contributed by atoms with E-state index in [-0.39, 0.29) is 12.1 Å². The number of benzene rings is 1. The molecule has 2 N–H and O–H groups in total. The van der Waals surface area contributed by atoms with Crippen LogP contribution in [0.2, 0.25) is 0 Å².